The Labute approximate surface area is 243 Å². The number of hydrogen-bond donors (Lipinski definition) is 0. The van der Waals surface area contributed by atoms with Gasteiger partial charge in [-0.25, -0.2) is 3.63 Å². The first kappa shape index (κ1) is 31.8. The van der Waals surface area contributed by atoms with Gasteiger partial charge in [0.1, 0.15) is 22.7 Å². The van der Waals surface area contributed by atoms with Gasteiger partial charge in [0.2, 0.25) is 0 Å². The van der Waals surface area contributed by atoms with Gasteiger partial charge in [0.15, 0.2) is 0 Å². The van der Waals surface area contributed by atoms with Crippen LogP contribution in [0.4, 0.5) is 5.69 Å². The summed E-state index contributed by atoms with van der Waals surface area (Å²) in [6, 6.07) is 23.2. The third-order valence-corrected chi connectivity index (χ3v) is 11.0. The maximum absolute atomic E-state index is 13.7. The lowest BCUT2D eigenvalue weighted by Gasteiger charge is -2.40. The number of hydrogen-bond acceptors (Lipinski definition) is 6. The molecule has 0 heterocycles. The van der Waals surface area contributed by atoms with Gasteiger partial charge in [0.05, 0.1) is 5.75 Å². The molecule has 0 bridgehead atoms. The molecule has 0 saturated heterocycles. The van der Waals surface area contributed by atoms with Crippen LogP contribution in [0.3, 0.4) is 0 Å². The molecule has 220 valence electrons. The van der Waals surface area contributed by atoms with Crippen molar-refractivity contribution < 1.29 is 21.5 Å². The van der Waals surface area contributed by atoms with Crippen LogP contribution in [0.2, 0.25) is 0 Å². The molecule has 0 aromatic heterocycles. The summed E-state index contributed by atoms with van der Waals surface area (Å²) in [5, 5.41) is 0. The fourth-order valence-electron chi connectivity index (χ4n) is 4.11. The van der Waals surface area contributed by atoms with Gasteiger partial charge in [-0.15, -0.1) is 0 Å². The first-order valence-corrected chi connectivity index (χ1v) is 16.8. The average molecular weight is 588 g/mol. The van der Waals surface area contributed by atoms with E-state index in [4.69, 9.17) is 13.1 Å². The predicted octanol–water partition coefficient (Wildman–Crippen LogP) is 8.45. The first-order chi connectivity index (χ1) is 18.5. The maximum atomic E-state index is 13.7. The van der Waals surface area contributed by atoms with Crippen LogP contribution in [0.15, 0.2) is 87.5 Å². The first-order valence-electron chi connectivity index (χ1n) is 13.7. The van der Waals surface area contributed by atoms with Crippen LogP contribution in [0, 0.1) is 0 Å². The van der Waals surface area contributed by atoms with Crippen molar-refractivity contribution in [2.24, 2.45) is 0 Å². The molecule has 0 amide bonds. The molecule has 0 aliphatic heterocycles. The summed E-state index contributed by atoms with van der Waals surface area (Å²) < 4.78 is 46.2. The molecule has 0 saturated carbocycles. The summed E-state index contributed by atoms with van der Waals surface area (Å²) in [6.45, 7) is 13.9. The van der Waals surface area contributed by atoms with E-state index in [9.17, 15) is 8.42 Å². The third kappa shape index (κ3) is 8.41. The molecule has 3 aromatic carbocycles. The molecule has 0 aliphatic carbocycles. The molecule has 0 fully saturated rings. The van der Waals surface area contributed by atoms with Gasteiger partial charge in [-0.1, -0.05) is 25.5 Å². The zero-order valence-electron chi connectivity index (χ0n) is 25.4. The molecule has 3 aromatic rings. The molecule has 0 aliphatic rings. The lowest BCUT2D eigenvalue weighted by molar-refractivity contribution is 0.130. The second kappa shape index (κ2) is 12.5. The summed E-state index contributed by atoms with van der Waals surface area (Å²) >= 11 is 0. The Hall–Kier alpha value is -2.68. The van der Waals surface area contributed by atoms with Gasteiger partial charge < -0.3 is 14.4 Å². The number of rotatable bonds is 11. The van der Waals surface area contributed by atoms with Gasteiger partial charge in [-0.3, -0.25) is 0 Å². The highest BCUT2D eigenvalue weighted by Gasteiger charge is 2.38. The minimum Gasteiger partial charge on any atom is -0.488 e. The van der Waals surface area contributed by atoms with Crippen molar-refractivity contribution in [1.82, 2.24) is 0 Å². The fraction of sp³-hybridized carbons (Fsp3) is 0.438. The highest BCUT2D eigenvalue weighted by atomic mass is 32.3. The second-order valence-electron chi connectivity index (χ2n) is 12.0. The highest BCUT2D eigenvalue weighted by Crippen LogP contribution is 2.70. The summed E-state index contributed by atoms with van der Waals surface area (Å²) in [5.41, 5.74) is 0.136. The number of unbranched alkanes of at least 4 members (excludes halogenated alkanes) is 1. The summed E-state index contributed by atoms with van der Waals surface area (Å²) in [5.74, 6) is 1.22. The molecule has 0 atom stereocenters. The highest BCUT2D eigenvalue weighted by molar-refractivity contribution is 8.33. The Kier molecular flexibility index (Phi) is 9.91. The Morgan fingerprint density at radius 2 is 1.18 bits per heavy atom. The number of ether oxygens (including phenoxy) is 2. The van der Waals surface area contributed by atoms with E-state index >= 15 is 0 Å². The topological polar surface area (TPSA) is 65.1 Å². The van der Waals surface area contributed by atoms with E-state index in [0.29, 0.717) is 17.9 Å². The lowest BCUT2D eigenvalue weighted by Crippen LogP contribution is -2.23. The van der Waals surface area contributed by atoms with E-state index in [1.54, 1.807) is 0 Å². The molecule has 8 heteroatoms. The Bertz CT molecular complexity index is 1310. The number of nitrogens with zero attached hydrogens (tertiary/aromatic N) is 1. The molecule has 0 spiro atoms. The van der Waals surface area contributed by atoms with E-state index in [1.165, 1.54) is 0 Å². The van der Waals surface area contributed by atoms with Crippen LogP contribution in [0.25, 0.3) is 0 Å². The van der Waals surface area contributed by atoms with Crippen molar-refractivity contribution in [3.63, 3.8) is 0 Å². The molecule has 0 radical (unpaired) electrons. The Balaban J connectivity index is 2.38. The van der Waals surface area contributed by atoms with E-state index in [0.717, 1.165) is 26.8 Å². The molecular formula is C32H45NO5S2. The van der Waals surface area contributed by atoms with Crippen LogP contribution >= 0.6 is 10.3 Å². The van der Waals surface area contributed by atoms with Crippen molar-refractivity contribution in [3.8, 4) is 11.5 Å². The minimum absolute atomic E-state index is 0.0651. The van der Waals surface area contributed by atoms with Gasteiger partial charge in [-0.05, 0) is 119 Å². The van der Waals surface area contributed by atoms with Gasteiger partial charge in [0, 0.05) is 34.5 Å². The van der Waals surface area contributed by atoms with E-state index in [2.05, 4.69) is 0 Å². The molecule has 0 unspecified atom stereocenters. The largest absolute Gasteiger partial charge is 0.488 e. The van der Waals surface area contributed by atoms with Crippen molar-refractivity contribution in [1.29, 1.82) is 0 Å². The third-order valence-electron chi connectivity index (χ3n) is 5.76. The van der Waals surface area contributed by atoms with Crippen molar-refractivity contribution in [3.05, 3.63) is 72.8 Å². The lowest BCUT2D eigenvalue weighted by atomic mass is 10.2. The van der Waals surface area contributed by atoms with Crippen LogP contribution in [-0.2, 0) is 13.7 Å². The van der Waals surface area contributed by atoms with E-state index < -0.39 is 31.6 Å². The predicted molar refractivity (Wildman–Crippen MR) is 167 cm³/mol. The van der Waals surface area contributed by atoms with Crippen LogP contribution in [0.5, 0.6) is 11.5 Å². The van der Waals surface area contributed by atoms with Gasteiger partial charge in [-0.2, -0.15) is 8.42 Å². The quantitative estimate of drug-likeness (QED) is 0.224. The molecule has 40 heavy (non-hydrogen) atoms. The van der Waals surface area contributed by atoms with Crippen LogP contribution in [-0.4, -0.2) is 39.5 Å². The zero-order chi connectivity index (χ0) is 29.8. The fourth-order valence-corrected chi connectivity index (χ4v) is 9.65. The molecular weight excluding hydrogens is 542 g/mol. The Morgan fingerprint density at radius 1 is 0.700 bits per heavy atom. The maximum Gasteiger partial charge on any atom is 0.277 e. The SMILES string of the molecule is CCCCS(=O)(=O)OS(c1ccc(N(C)C)cc1)(c1cccc(OC(C)(C)C)c1)c1cccc(OC(C)(C)C)c1. The van der Waals surface area contributed by atoms with Gasteiger partial charge >= 0.3 is 0 Å². The normalized spacial score (nSPS) is 13.1. The average Bonchev–Trinajstić information content (AvgIpc) is 2.84. The summed E-state index contributed by atoms with van der Waals surface area (Å²) in [7, 11) is -2.76. The van der Waals surface area contributed by atoms with Crippen LogP contribution in [0.1, 0.15) is 61.3 Å². The molecule has 6 nitrogen and oxygen atoms in total. The number of anilines is 1. The Morgan fingerprint density at radius 3 is 1.57 bits per heavy atom. The number of benzene rings is 3. The second-order valence-corrected chi connectivity index (χ2v) is 16.6. The molecule has 3 rings (SSSR count). The standard InChI is InChI=1S/C32H45NO5S2/c1-10-11-22-39(34,35)38-40(28-20-18-25(19-21-28)33(8)9,29-16-12-14-26(23-29)36-31(2,3)4)30-17-13-15-27(24-30)37-32(5,6)7/h12-21,23-24H,10-11,22H2,1-9H3. The molecule has 0 N–H and O–H groups in total. The van der Waals surface area contributed by atoms with Crippen molar-refractivity contribution in [2.75, 3.05) is 24.7 Å². The van der Waals surface area contributed by atoms with Crippen molar-refractivity contribution in [2.45, 2.75) is 87.2 Å². The smallest absolute Gasteiger partial charge is 0.277 e. The van der Waals surface area contributed by atoms with E-state index in [1.807, 2.05) is 140 Å². The minimum atomic E-state index is -3.92. The van der Waals surface area contributed by atoms with Gasteiger partial charge in [0.25, 0.3) is 10.1 Å². The van der Waals surface area contributed by atoms with Crippen molar-refractivity contribution >= 4 is 26.1 Å². The zero-order valence-corrected chi connectivity index (χ0v) is 27.0. The van der Waals surface area contributed by atoms with E-state index in [-0.39, 0.29) is 5.75 Å². The summed E-state index contributed by atoms with van der Waals surface area (Å²) in [4.78, 5) is 4.22. The summed E-state index contributed by atoms with van der Waals surface area (Å²) in [6.07, 6.45) is 1.25. The van der Waals surface area contributed by atoms with Crippen LogP contribution < -0.4 is 14.4 Å². The monoisotopic (exact) mass is 587 g/mol.